The predicted octanol–water partition coefficient (Wildman–Crippen LogP) is 2.06. The molecule has 0 aliphatic heterocycles. The molecule has 0 radical (unpaired) electrons. The second-order valence-corrected chi connectivity index (χ2v) is 3.34. The van der Waals surface area contributed by atoms with Gasteiger partial charge >= 0.3 is 0 Å². The molecule has 0 bridgehead atoms. The van der Waals surface area contributed by atoms with Gasteiger partial charge in [0.05, 0.1) is 17.6 Å². The first kappa shape index (κ1) is 11.0. The first-order valence-electron chi connectivity index (χ1n) is 4.36. The minimum atomic E-state index is 0. The maximum Gasteiger partial charge on any atom is 0.121 e. The van der Waals surface area contributed by atoms with Crippen LogP contribution in [-0.2, 0) is 6.54 Å². The molecule has 0 aliphatic rings. The lowest BCUT2D eigenvalue weighted by molar-refractivity contribution is 0.958. The average Bonchev–Trinajstić information content (AvgIpc) is 2.48. The number of aromatic amines is 1. The Balaban J connectivity index is 0.000000980. The van der Waals surface area contributed by atoms with Crippen LogP contribution in [0.2, 0.25) is 0 Å². The van der Waals surface area contributed by atoms with Gasteiger partial charge in [-0.2, -0.15) is 0 Å². The molecule has 4 heteroatoms. The molecule has 0 aliphatic carbocycles. The van der Waals surface area contributed by atoms with Crippen LogP contribution >= 0.6 is 12.4 Å². The van der Waals surface area contributed by atoms with Crippen molar-refractivity contribution in [2.45, 2.75) is 20.4 Å². The number of nitrogens with two attached hydrogens (primary N) is 1. The van der Waals surface area contributed by atoms with Gasteiger partial charge in [-0.05, 0) is 37.1 Å². The molecule has 0 saturated heterocycles. The van der Waals surface area contributed by atoms with Crippen LogP contribution in [0, 0.1) is 13.8 Å². The first-order chi connectivity index (χ1) is 6.20. The van der Waals surface area contributed by atoms with Crippen LogP contribution < -0.4 is 5.73 Å². The number of hydrogen-bond donors (Lipinski definition) is 2. The van der Waals surface area contributed by atoms with Gasteiger partial charge in [0.1, 0.15) is 5.82 Å². The lowest BCUT2D eigenvalue weighted by atomic mass is 10.1. The Morgan fingerprint density at radius 3 is 2.57 bits per heavy atom. The maximum absolute atomic E-state index is 5.50. The molecule has 2 aromatic rings. The number of benzene rings is 1. The van der Waals surface area contributed by atoms with Crippen molar-refractivity contribution >= 4 is 23.4 Å². The van der Waals surface area contributed by atoms with Gasteiger partial charge in [0.2, 0.25) is 0 Å². The summed E-state index contributed by atoms with van der Waals surface area (Å²) in [6.07, 6.45) is 0. The minimum absolute atomic E-state index is 0. The van der Waals surface area contributed by atoms with Crippen LogP contribution in [0.25, 0.3) is 11.0 Å². The zero-order valence-electron chi connectivity index (χ0n) is 8.29. The Labute approximate surface area is 89.1 Å². The van der Waals surface area contributed by atoms with Crippen LogP contribution in [0.1, 0.15) is 17.0 Å². The molecule has 0 amide bonds. The summed E-state index contributed by atoms with van der Waals surface area (Å²) in [7, 11) is 0. The van der Waals surface area contributed by atoms with Gasteiger partial charge in [-0.15, -0.1) is 12.4 Å². The number of fused-ring (bicyclic) bond motifs is 1. The highest BCUT2D eigenvalue weighted by Crippen LogP contribution is 2.16. The lowest BCUT2D eigenvalue weighted by Crippen LogP contribution is -1.97. The van der Waals surface area contributed by atoms with Crippen molar-refractivity contribution in [3.05, 3.63) is 29.1 Å². The number of halogens is 1. The molecular weight excluding hydrogens is 198 g/mol. The largest absolute Gasteiger partial charge is 0.341 e. The standard InChI is InChI=1S/C10H13N3.ClH/c1-6-3-8-9(4-7(6)2)13-10(5-11)12-8;/h3-4H,5,11H2,1-2H3,(H,12,13);1H. The molecule has 1 aromatic heterocycles. The molecule has 0 atom stereocenters. The number of imidazole rings is 1. The number of H-pyrrole nitrogens is 1. The molecule has 0 spiro atoms. The van der Waals surface area contributed by atoms with E-state index < -0.39 is 0 Å². The van der Waals surface area contributed by atoms with Gasteiger partial charge in [-0.25, -0.2) is 4.98 Å². The quantitative estimate of drug-likeness (QED) is 0.759. The van der Waals surface area contributed by atoms with Crippen LogP contribution in [-0.4, -0.2) is 9.97 Å². The number of hydrogen-bond acceptors (Lipinski definition) is 2. The van der Waals surface area contributed by atoms with Crippen LogP contribution in [0.15, 0.2) is 12.1 Å². The SMILES string of the molecule is Cc1cc2nc(CN)[nH]c2cc1C.Cl. The van der Waals surface area contributed by atoms with Gasteiger partial charge in [0.25, 0.3) is 0 Å². The van der Waals surface area contributed by atoms with Gasteiger partial charge in [-0.3, -0.25) is 0 Å². The third kappa shape index (κ3) is 1.74. The summed E-state index contributed by atoms with van der Waals surface area (Å²) in [5.41, 5.74) is 10.1. The molecular formula is C10H14ClN3. The second-order valence-electron chi connectivity index (χ2n) is 3.34. The van der Waals surface area contributed by atoms with Crippen LogP contribution in [0.3, 0.4) is 0 Å². The number of nitrogens with zero attached hydrogens (tertiary/aromatic N) is 1. The number of aryl methyl sites for hydroxylation is 2. The predicted molar refractivity (Wildman–Crippen MR) is 60.7 cm³/mol. The third-order valence-corrected chi connectivity index (χ3v) is 2.34. The highest BCUT2D eigenvalue weighted by Gasteiger charge is 2.02. The summed E-state index contributed by atoms with van der Waals surface area (Å²) in [5.74, 6) is 0.847. The van der Waals surface area contributed by atoms with Crippen molar-refractivity contribution in [3.63, 3.8) is 0 Å². The molecule has 1 aromatic carbocycles. The zero-order chi connectivity index (χ0) is 9.42. The molecule has 3 N–H and O–H groups in total. The van der Waals surface area contributed by atoms with Gasteiger partial charge in [0.15, 0.2) is 0 Å². The van der Waals surface area contributed by atoms with Gasteiger partial charge in [-0.1, -0.05) is 0 Å². The van der Waals surface area contributed by atoms with Crippen molar-refractivity contribution in [1.29, 1.82) is 0 Å². The smallest absolute Gasteiger partial charge is 0.121 e. The molecule has 2 rings (SSSR count). The second kappa shape index (κ2) is 3.98. The molecule has 0 unspecified atom stereocenters. The van der Waals surface area contributed by atoms with E-state index in [2.05, 4.69) is 35.9 Å². The molecule has 14 heavy (non-hydrogen) atoms. The van der Waals surface area contributed by atoms with E-state index in [9.17, 15) is 0 Å². The van der Waals surface area contributed by atoms with E-state index in [1.165, 1.54) is 11.1 Å². The van der Waals surface area contributed by atoms with E-state index in [1.807, 2.05) is 0 Å². The average molecular weight is 212 g/mol. The van der Waals surface area contributed by atoms with E-state index in [0.717, 1.165) is 16.9 Å². The fraction of sp³-hybridized carbons (Fsp3) is 0.300. The fourth-order valence-electron chi connectivity index (χ4n) is 1.42. The summed E-state index contributed by atoms with van der Waals surface area (Å²) < 4.78 is 0. The van der Waals surface area contributed by atoms with Gasteiger partial charge in [0, 0.05) is 0 Å². The van der Waals surface area contributed by atoms with Crippen molar-refractivity contribution in [2.75, 3.05) is 0 Å². The van der Waals surface area contributed by atoms with Crippen molar-refractivity contribution in [3.8, 4) is 0 Å². The van der Waals surface area contributed by atoms with E-state index in [-0.39, 0.29) is 12.4 Å². The molecule has 0 fully saturated rings. The van der Waals surface area contributed by atoms with E-state index >= 15 is 0 Å². The number of nitrogens with one attached hydrogen (secondary N) is 1. The fourth-order valence-corrected chi connectivity index (χ4v) is 1.42. The van der Waals surface area contributed by atoms with Crippen LogP contribution in [0.5, 0.6) is 0 Å². The van der Waals surface area contributed by atoms with E-state index in [4.69, 9.17) is 5.73 Å². The highest BCUT2D eigenvalue weighted by atomic mass is 35.5. The Kier molecular flexibility index (Phi) is 3.13. The maximum atomic E-state index is 5.50. The molecule has 1 heterocycles. The van der Waals surface area contributed by atoms with Crippen molar-refractivity contribution < 1.29 is 0 Å². The summed E-state index contributed by atoms with van der Waals surface area (Å²) in [4.78, 5) is 7.53. The third-order valence-electron chi connectivity index (χ3n) is 2.34. The van der Waals surface area contributed by atoms with E-state index in [0.29, 0.717) is 6.54 Å². The lowest BCUT2D eigenvalue weighted by Gasteiger charge is -1.97. The Bertz CT molecular complexity index is 409. The summed E-state index contributed by atoms with van der Waals surface area (Å²) >= 11 is 0. The zero-order valence-corrected chi connectivity index (χ0v) is 9.11. The Morgan fingerprint density at radius 2 is 1.93 bits per heavy atom. The number of rotatable bonds is 1. The molecule has 76 valence electrons. The van der Waals surface area contributed by atoms with Crippen molar-refractivity contribution in [2.24, 2.45) is 5.73 Å². The Hall–Kier alpha value is -1.06. The highest BCUT2D eigenvalue weighted by molar-refractivity contribution is 5.85. The van der Waals surface area contributed by atoms with Crippen molar-refractivity contribution in [1.82, 2.24) is 9.97 Å². The summed E-state index contributed by atoms with van der Waals surface area (Å²) in [5, 5.41) is 0. The summed E-state index contributed by atoms with van der Waals surface area (Å²) in [6, 6.07) is 4.19. The summed E-state index contributed by atoms with van der Waals surface area (Å²) in [6.45, 7) is 4.65. The van der Waals surface area contributed by atoms with E-state index in [1.54, 1.807) is 0 Å². The molecule has 3 nitrogen and oxygen atoms in total. The Morgan fingerprint density at radius 1 is 1.29 bits per heavy atom. The molecule has 0 saturated carbocycles. The topological polar surface area (TPSA) is 54.7 Å². The minimum Gasteiger partial charge on any atom is -0.341 e. The van der Waals surface area contributed by atoms with Gasteiger partial charge < -0.3 is 10.7 Å². The number of aromatic nitrogens is 2. The first-order valence-corrected chi connectivity index (χ1v) is 4.36. The normalized spacial score (nSPS) is 10.2. The van der Waals surface area contributed by atoms with Crippen LogP contribution in [0.4, 0.5) is 0 Å². The monoisotopic (exact) mass is 211 g/mol.